The van der Waals surface area contributed by atoms with E-state index < -0.39 is 0 Å². The van der Waals surface area contributed by atoms with Crippen LogP contribution in [0.25, 0.3) is 0 Å². The van der Waals surface area contributed by atoms with Crippen LogP contribution < -0.4 is 10.6 Å². The smallest absolute Gasteiger partial charge is 0.125 e. The van der Waals surface area contributed by atoms with Gasteiger partial charge in [0.1, 0.15) is 5.82 Å². The summed E-state index contributed by atoms with van der Waals surface area (Å²) in [6.45, 7) is 2.98. The Labute approximate surface area is 108 Å². The van der Waals surface area contributed by atoms with E-state index in [0.717, 1.165) is 38.3 Å². The van der Waals surface area contributed by atoms with Crippen molar-refractivity contribution in [2.24, 2.45) is 0 Å². The van der Waals surface area contributed by atoms with Crippen molar-refractivity contribution in [1.82, 2.24) is 10.3 Å². The lowest BCUT2D eigenvalue weighted by Gasteiger charge is -2.38. The number of rotatable bonds is 3. The summed E-state index contributed by atoms with van der Waals surface area (Å²) in [7, 11) is 0. The highest BCUT2D eigenvalue weighted by Crippen LogP contribution is 2.33. The third-order valence-electron chi connectivity index (χ3n) is 3.96. The van der Waals surface area contributed by atoms with Crippen LogP contribution in [0.4, 0.5) is 5.82 Å². The molecule has 0 bridgehead atoms. The number of hydrogen-bond acceptors (Lipinski definition) is 4. The van der Waals surface area contributed by atoms with Crippen LogP contribution in [-0.2, 0) is 4.74 Å². The van der Waals surface area contributed by atoms with Gasteiger partial charge in [-0.15, -0.1) is 0 Å². The zero-order valence-corrected chi connectivity index (χ0v) is 10.7. The van der Waals surface area contributed by atoms with E-state index in [-0.39, 0.29) is 5.60 Å². The molecule has 18 heavy (non-hydrogen) atoms. The summed E-state index contributed by atoms with van der Waals surface area (Å²) in [4.78, 5) is 4.27. The molecule has 2 aliphatic rings. The number of nitrogens with zero attached hydrogens (tertiary/aromatic N) is 1. The minimum Gasteiger partial charge on any atom is -0.369 e. The minimum absolute atomic E-state index is 0.120. The molecular weight excluding hydrogens is 226 g/mol. The van der Waals surface area contributed by atoms with Gasteiger partial charge in [0.25, 0.3) is 0 Å². The van der Waals surface area contributed by atoms with Crippen molar-refractivity contribution < 1.29 is 4.74 Å². The van der Waals surface area contributed by atoms with Crippen molar-refractivity contribution in [1.29, 1.82) is 0 Å². The molecule has 1 aromatic heterocycles. The standard InChI is InChI=1S/C14H21N3O/c1-2-8-16-13(5-1)17-10-12-4-3-6-14(18-12)7-9-15-11-14/h1-2,5,8,12,15H,3-4,6-7,9-11H2,(H,16,17)/t12-,14+/m0/s1. The highest BCUT2D eigenvalue weighted by molar-refractivity contribution is 5.33. The van der Waals surface area contributed by atoms with Gasteiger partial charge in [0, 0.05) is 19.3 Å². The first kappa shape index (κ1) is 11.9. The summed E-state index contributed by atoms with van der Waals surface area (Å²) >= 11 is 0. The molecule has 0 aliphatic carbocycles. The largest absolute Gasteiger partial charge is 0.369 e. The van der Waals surface area contributed by atoms with Crippen molar-refractivity contribution >= 4 is 5.82 Å². The molecule has 4 heteroatoms. The van der Waals surface area contributed by atoms with Crippen LogP contribution in [-0.4, -0.2) is 36.3 Å². The van der Waals surface area contributed by atoms with Gasteiger partial charge in [-0.25, -0.2) is 4.98 Å². The maximum absolute atomic E-state index is 6.30. The summed E-state index contributed by atoms with van der Waals surface area (Å²) in [5.74, 6) is 0.935. The lowest BCUT2D eigenvalue weighted by Crippen LogP contribution is -2.44. The highest BCUT2D eigenvalue weighted by Gasteiger charge is 2.39. The van der Waals surface area contributed by atoms with Gasteiger partial charge in [-0.2, -0.15) is 0 Å². The zero-order valence-electron chi connectivity index (χ0n) is 10.7. The topological polar surface area (TPSA) is 46.2 Å². The number of nitrogens with one attached hydrogen (secondary N) is 2. The molecule has 1 aromatic rings. The van der Waals surface area contributed by atoms with E-state index >= 15 is 0 Å². The Balaban J connectivity index is 1.54. The Hall–Kier alpha value is -1.13. The molecule has 2 N–H and O–H groups in total. The number of pyridine rings is 1. The molecule has 3 rings (SSSR count). The van der Waals surface area contributed by atoms with Crippen LogP contribution in [0.3, 0.4) is 0 Å². The molecule has 1 spiro atoms. The SMILES string of the molecule is c1ccc(NC[C@@H]2CCC[C@]3(CCNC3)O2)nc1. The number of hydrogen-bond donors (Lipinski definition) is 2. The van der Waals surface area contributed by atoms with Crippen molar-refractivity contribution in [2.75, 3.05) is 25.0 Å². The van der Waals surface area contributed by atoms with Crippen LogP contribution in [0.2, 0.25) is 0 Å². The molecule has 2 saturated heterocycles. The maximum Gasteiger partial charge on any atom is 0.125 e. The average molecular weight is 247 g/mol. The Morgan fingerprint density at radius 3 is 3.22 bits per heavy atom. The van der Waals surface area contributed by atoms with Crippen molar-refractivity contribution in [3.05, 3.63) is 24.4 Å². The van der Waals surface area contributed by atoms with E-state index in [0.29, 0.717) is 6.10 Å². The fraction of sp³-hybridized carbons (Fsp3) is 0.643. The summed E-state index contributed by atoms with van der Waals surface area (Å²) in [5.41, 5.74) is 0.120. The van der Waals surface area contributed by atoms with Gasteiger partial charge in [0.15, 0.2) is 0 Å². The second kappa shape index (κ2) is 5.24. The molecule has 4 nitrogen and oxygen atoms in total. The van der Waals surface area contributed by atoms with Gasteiger partial charge < -0.3 is 15.4 Å². The second-order valence-electron chi connectivity index (χ2n) is 5.34. The second-order valence-corrected chi connectivity index (χ2v) is 5.34. The Bertz CT molecular complexity index is 376. The van der Waals surface area contributed by atoms with Gasteiger partial charge >= 0.3 is 0 Å². The molecule has 2 atom stereocenters. The summed E-state index contributed by atoms with van der Waals surface area (Å²) in [6, 6.07) is 5.93. The normalized spacial score (nSPS) is 31.7. The molecule has 0 unspecified atom stereocenters. The van der Waals surface area contributed by atoms with Crippen LogP contribution in [0.5, 0.6) is 0 Å². The van der Waals surface area contributed by atoms with Gasteiger partial charge in [-0.3, -0.25) is 0 Å². The van der Waals surface area contributed by atoms with E-state index in [9.17, 15) is 0 Å². The Morgan fingerprint density at radius 1 is 1.44 bits per heavy atom. The zero-order chi connectivity index (χ0) is 12.3. The summed E-state index contributed by atoms with van der Waals surface area (Å²) in [5, 5.41) is 6.78. The van der Waals surface area contributed by atoms with E-state index in [1.807, 2.05) is 24.4 Å². The van der Waals surface area contributed by atoms with Crippen molar-refractivity contribution in [2.45, 2.75) is 37.4 Å². The molecule has 0 saturated carbocycles. The average Bonchev–Trinajstić information content (AvgIpc) is 2.86. The van der Waals surface area contributed by atoms with Crippen LogP contribution in [0, 0.1) is 0 Å². The number of ether oxygens (including phenoxy) is 1. The van der Waals surface area contributed by atoms with Crippen molar-refractivity contribution in [3.63, 3.8) is 0 Å². The predicted molar refractivity (Wildman–Crippen MR) is 71.7 cm³/mol. The lowest BCUT2D eigenvalue weighted by atomic mass is 9.90. The Kier molecular flexibility index (Phi) is 3.48. The number of aromatic nitrogens is 1. The van der Waals surface area contributed by atoms with E-state index in [1.165, 1.54) is 12.8 Å². The lowest BCUT2D eigenvalue weighted by molar-refractivity contribution is -0.110. The van der Waals surface area contributed by atoms with Crippen LogP contribution in [0.1, 0.15) is 25.7 Å². The quantitative estimate of drug-likeness (QED) is 0.855. The highest BCUT2D eigenvalue weighted by atomic mass is 16.5. The Morgan fingerprint density at radius 2 is 2.44 bits per heavy atom. The van der Waals surface area contributed by atoms with E-state index in [2.05, 4.69) is 15.6 Å². The van der Waals surface area contributed by atoms with Gasteiger partial charge in [-0.05, 0) is 44.4 Å². The van der Waals surface area contributed by atoms with Crippen molar-refractivity contribution in [3.8, 4) is 0 Å². The molecule has 2 aliphatic heterocycles. The molecule has 3 heterocycles. The molecule has 98 valence electrons. The van der Waals surface area contributed by atoms with Gasteiger partial charge in [0.05, 0.1) is 11.7 Å². The molecule has 0 radical (unpaired) electrons. The molecule has 2 fully saturated rings. The summed E-state index contributed by atoms with van der Waals surface area (Å²) < 4.78 is 6.30. The molecule has 0 aromatic carbocycles. The van der Waals surface area contributed by atoms with E-state index in [4.69, 9.17) is 4.74 Å². The number of anilines is 1. The fourth-order valence-electron chi connectivity index (χ4n) is 2.99. The molecular formula is C14H21N3O. The summed E-state index contributed by atoms with van der Waals surface area (Å²) in [6.07, 6.45) is 6.93. The maximum atomic E-state index is 6.30. The van der Waals surface area contributed by atoms with Gasteiger partial charge in [0.2, 0.25) is 0 Å². The minimum atomic E-state index is 0.120. The van der Waals surface area contributed by atoms with Crippen LogP contribution >= 0.6 is 0 Å². The predicted octanol–water partition coefficient (Wildman–Crippen LogP) is 1.79. The van der Waals surface area contributed by atoms with E-state index in [1.54, 1.807) is 0 Å². The fourth-order valence-corrected chi connectivity index (χ4v) is 2.99. The monoisotopic (exact) mass is 247 g/mol. The first-order valence-corrected chi connectivity index (χ1v) is 6.90. The van der Waals surface area contributed by atoms with Gasteiger partial charge in [-0.1, -0.05) is 6.07 Å². The first-order valence-electron chi connectivity index (χ1n) is 6.90. The third-order valence-corrected chi connectivity index (χ3v) is 3.96. The molecule has 0 amide bonds. The van der Waals surface area contributed by atoms with Crippen LogP contribution in [0.15, 0.2) is 24.4 Å². The first-order chi connectivity index (χ1) is 8.86. The third kappa shape index (κ3) is 2.65.